The lowest BCUT2D eigenvalue weighted by Crippen LogP contribution is -2.53. The van der Waals surface area contributed by atoms with Crippen LogP contribution in [0.15, 0.2) is 24.3 Å². The topological polar surface area (TPSA) is 69.9 Å². The van der Waals surface area contributed by atoms with E-state index in [9.17, 15) is 9.59 Å². The molecule has 2 saturated heterocycles. The average molecular weight is 327 g/mol. The molecule has 1 atom stereocenters. The predicted octanol–water partition coefficient (Wildman–Crippen LogP) is 1.31. The summed E-state index contributed by atoms with van der Waals surface area (Å²) >= 11 is 0. The number of carbonyl (C=O) groups excluding carboxylic acids is 2. The molecule has 1 aromatic carbocycles. The first kappa shape index (κ1) is 15.4. The fourth-order valence-corrected chi connectivity index (χ4v) is 4.19. The summed E-state index contributed by atoms with van der Waals surface area (Å²) in [5, 5.41) is 0. The van der Waals surface area contributed by atoms with Crippen molar-refractivity contribution in [2.75, 3.05) is 32.1 Å². The Morgan fingerprint density at radius 3 is 2.38 bits per heavy atom. The van der Waals surface area contributed by atoms with Crippen molar-refractivity contribution in [3.63, 3.8) is 0 Å². The van der Waals surface area contributed by atoms with E-state index in [0.717, 1.165) is 18.5 Å². The summed E-state index contributed by atoms with van der Waals surface area (Å²) in [5.74, 6) is -0.447. The van der Waals surface area contributed by atoms with Gasteiger partial charge in [0.15, 0.2) is 0 Å². The minimum absolute atomic E-state index is 0.135. The highest BCUT2D eigenvalue weighted by Gasteiger charge is 2.57. The molecule has 1 radical (unpaired) electrons. The van der Waals surface area contributed by atoms with Gasteiger partial charge in [0.1, 0.15) is 5.54 Å². The second kappa shape index (κ2) is 4.96. The zero-order chi connectivity index (χ0) is 17.1. The largest absolute Gasteiger partial charge is 0.368 e. The Kier molecular flexibility index (Phi) is 3.19. The molecule has 0 unspecified atom stereocenters. The molecule has 6 heteroatoms. The monoisotopic (exact) mass is 327 g/mol. The molecule has 0 spiro atoms. The van der Waals surface area contributed by atoms with Crippen LogP contribution in [0.3, 0.4) is 0 Å². The van der Waals surface area contributed by atoms with E-state index >= 15 is 0 Å². The number of urea groups is 1. The van der Waals surface area contributed by atoms with Crippen LogP contribution >= 0.6 is 0 Å². The van der Waals surface area contributed by atoms with Gasteiger partial charge in [-0.25, -0.2) is 4.79 Å². The van der Waals surface area contributed by atoms with Crippen molar-refractivity contribution in [1.29, 1.82) is 0 Å². The molecule has 127 valence electrons. The summed E-state index contributed by atoms with van der Waals surface area (Å²) in [6, 6.07) is 8.02. The second-order valence-corrected chi connectivity index (χ2v) is 7.27. The number of primary amides is 1. The first-order valence-corrected chi connectivity index (χ1v) is 8.42. The molecule has 2 heterocycles. The van der Waals surface area contributed by atoms with Crippen molar-refractivity contribution in [1.82, 2.24) is 9.80 Å². The zero-order valence-corrected chi connectivity index (χ0v) is 14.2. The molecular formula is C18H23N4O2. The number of nitrogens with zero attached hydrogens (tertiary/aromatic N) is 3. The number of benzene rings is 1. The van der Waals surface area contributed by atoms with E-state index in [1.54, 1.807) is 9.80 Å². The van der Waals surface area contributed by atoms with E-state index < -0.39 is 11.4 Å². The van der Waals surface area contributed by atoms with Crippen LogP contribution in [0.1, 0.15) is 24.8 Å². The summed E-state index contributed by atoms with van der Waals surface area (Å²) in [6.45, 7) is 0.861. The molecule has 0 aromatic heterocycles. The van der Waals surface area contributed by atoms with Gasteiger partial charge >= 0.3 is 6.03 Å². The Hall–Kier alpha value is -2.08. The molecule has 3 aliphatic rings. The maximum atomic E-state index is 12.7. The quantitative estimate of drug-likeness (QED) is 0.906. The number of nitrogens with two attached hydrogens (primary N) is 1. The van der Waals surface area contributed by atoms with Crippen LogP contribution < -0.4 is 10.6 Å². The van der Waals surface area contributed by atoms with Crippen LogP contribution in [0.4, 0.5) is 10.5 Å². The lowest BCUT2D eigenvalue weighted by atomic mass is 9.96. The number of amides is 3. The molecule has 2 aliphatic heterocycles. The third-order valence-electron chi connectivity index (χ3n) is 5.90. The molecule has 24 heavy (non-hydrogen) atoms. The van der Waals surface area contributed by atoms with Crippen molar-refractivity contribution in [3.05, 3.63) is 36.2 Å². The minimum Gasteiger partial charge on any atom is -0.368 e. The first-order chi connectivity index (χ1) is 11.4. The van der Waals surface area contributed by atoms with Gasteiger partial charge in [-0.2, -0.15) is 0 Å². The predicted molar refractivity (Wildman–Crippen MR) is 91.3 cm³/mol. The van der Waals surface area contributed by atoms with E-state index in [-0.39, 0.29) is 11.6 Å². The van der Waals surface area contributed by atoms with Gasteiger partial charge in [-0.15, -0.1) is 0 Å². The summed E-state index contributed by atoms with van der Waals surface area (Å²) in [7, 11) is 4.21. The lowest BCUT2D eigenvalue weighted by molar-refractivity contribution is -0.124. The maximum absolute atomic E-state index is 12.7. The highest BCUT2D eigenvalue weighted by molar-refractivity contribution is 6.04. The van der Waals surface area contributed by atoms with Crippen LogP contribution in [0.25, 0.3) is 0 Å². The molecule has 1 saturated carbocycles. The molecule has 4 rings (SSSR count). The Morgan fingerprint density at radius 1 is 1.21 bits per heavy atom. The van der Waals surface area contributed by atoms with Crippen molar-refractivity contribution in [2.45, 2.75) is 30.3 Å². The second-order valence-electron chi connectivity index (χ2n) is 7.27. The molecule has 3 amide bonds. The molecular weight excluding hydrogens is 304 g/mol. The molecule has 6 nitrogen and oxygen atoms in total. The molecule has 1 aliphatic carbocycles. The molecule has 1 aromatic rings. The standard InChI is InChI=1S/C18H23N4O2/c1-20(2)17(9-10-17)13-4-6-14(7-5-13)21-12-18(15(19)23)8-3-11-22(18)16(21)24/h4-8H,3,9-12H2,1-2H3,(H2,19,23)/t18-/m1/s1. The van der Waals surface area contributed by atoms with Crippen molar-refractivity contribution in [3.8, 4) is 0 Å². The highest BCUT2D eigenvalue weighted by atomic mass is 16.2. The molecule has 2 N–H and O–H groups in total. The van der Waals surface area contributed by atoms with E-state index in [1.165, 1.54) is 5.56 Å². The SMILES string of the molecule is CN(C)C1(c2ccc(N3C[C@@]4(C(N)=O)[CH]CCN4C3=O)cc2)CC1. The van der Waals surface area contributed by atoms with Gasteiger partial charge < -0.3 is 10.6 Å². The summed E-state index contributed by atoms with van der Waals surface area (Å²) in [6.07, 6.45) is 4.92. The van der Waals surface area contributed by atoms with E-state index in [2.05, 4.69) is 31.1 Å². The average Bonchev–Trinajstić information content (AvgIpc) is 3.18. The zero-order valence-electron chi connectivity index (χ0n) is 14.2. The third kappa shape index (κ3) is 1.92. The highest BCUT2D eigenvalue weighted by Crippen LogP contribution is 2.50. The fraction of sp³-hybridized carbons (Fsp3) is 0.500. The Morgan fingerprint density at radius 2 is 1.88 bits per heavy atom. The van der Waals surface area contributed by atoms with Gasteiger partial charge in [-0.1, -0.05) is 12.1 Å². The first-order valence-electron chi connectivity index (χ1n) is 8.42. The van der Waals surface area contributed by atoms with Crippen LogP contribution in [-0.4, -0.2) is 54.5 Å². The van der Waals surface area contributed by atoms with Gasteiger partial charge in [-0.05, 0) is 51.1 Å². The van der Waals surface area contributed by atoms with Gasteiger partial charge in [0, 0.05) is 24.2 Å². The minimum atomic E-state index is -0.947. The number of rotatable bonds is 4. The Labute approximate surface area is 142 Å². The number of hydrogen-bond acceptors (Lipinski definition) is 3. The third-order valence-corrected chi connectivity index (χ3v) is 5.90. The molecule has 3 fully saturated rings. The van der Waals surface area contributed by atoms with Gasteiger partial charge in [-0.3, -0.25) is 14.6 Å². The van der Waals surface area contributed by atoms with Crippen molar-refractivity contribution in [2.24, 2.45) is 5.73 Å². The Bertz CT molecular complexity index is 695. The van der Waals surface area contributed by atoms with Gasteiger partial charge in [0.2, 0.25) is 5.91 Å². The smallest absolute Gasteiger partial charge is 0.325 e. The van der Waals surface area contributed by atoms with E-state index in [1.807, 2.05) is 18.6 Å². The van der Waals surface area contributed by atoms with Crippen molar-refractivity contribution >= 4 is 17.6 Å². The van der Waals surface area contributed by atoms with E-state index in [4.69, 9.17) is 5.73 Å². The van der Waals surface area contributed by atoms with Crippen molar-refractivity contribution < 1.29 is 9.59 Å². The number of carbonyl (C=O) groups is 2. The Balaban J connectivity index is 1.61. The lowest BCUT2D eigenvalue weighted by Gasteiger charge is -2.25. The summed E-state index contributed by atoms with van der Waals surface area (Å²) in [5.41, 5.74) is 6.90. The van der Waals surface area contributed by atoms with Crippen LogP contribution in [-0.2, 0) is 10.3 Å². The summed E-state index contributed by atoms with van der Waals surface area (Å²) in [4.78, 5) is 30.2. The van der Waals surface area contributed by atoms with E-state index in [0.29, 0.717) is 19.5 Å². The maximum Gasteiger partial charge on any atom is 0.325 e. The summed E-state index contributed by atoms with van der Waals surface area (Å²) < 4.78 is 0. The number of anilines is 1. The van der Waals surface area contributed by atoms with Gasteiger partial charge in [0.25, 0.3) is 0 Å². The van der Waals surface area contributed by atoms with Gasteiger partial charge in [0.05, 0.1) is 6.54 Å². The molecule has 0 bridgehead atoms. The normalized spacial score (nSPS) is 27.7. The fourth-order valence-electron chi connectivity index (χ4n) is 4.19. The number of fused-ring (bicyclic) bond motifs is 1. The number of hydrogen-bond donors (Lipinski definition) is 1. The van der Waals surface area contributed by atoms with Crippen LogP contribution in [0.2, 0.25) is 0 Å². The van der Waals surface area contributed by atoms with Crippen LogP contribution in [0, 0.1) is 6.42 Å². The van der Waals surface area contributed by atoms with Crippen LogP contribution in [0.5, 0.6) is 0 Å².